The lowest BCUT2D eigenvalue weighted by Crippen LogP contribution is -2.24. The molecule has 1 amide bonds. The molecule has 0 spiro atoms. The minimum absolute atomic E-state index is 0.0632. The van der Waals surface area contributed by atoms with Gasteiger partial charge in [-0.1, -0.05) is 12.1 Å². The van der Waals surface area contributed by atoms with E-state index in [2.05, 4.69) is 20.3 Å². The van der Waals surface area contributed by atoms with Crippen LogP contribution in [0.15, 0.2) is 67.3 Å². The monoisotopic (exact) mass is 345 g/mol. The molecule has 0 unspecified atom stereocenters. The molecule has 0 atom stereocenters. The second-order valence-corrected chi connectivity index (χ2v) is 6.08. The Morgan fingerprint density at radius 2 is 1.96 bits per heavy atom. The Hall–Kier alpha value is -3.41. The normalized spacial score (nSPS) is 10.9. The topological polar surface area (TPSA) is 75.6 Å². The maximum absolute atomic E-state index is 12.2. The van der Waals surface area contributed by atoms with E-state index in [4.69, 9.17) is 0 Å². The van der Waals surface area contributed by atoms with Gasteiger partial charge in [0.05, 0.1) is 17.4 Å². The Morgan fingerprint density at radius 1 is 1.12 bits per heavy atom. The van der Waals surface area contributed by atoms with E-state index in [0.717, 1.165) is 35.4 Å². The fraction of sp³-hybridized carbons (Fsp3) is 0.150. The molecular formula is C20H19N5O. The van der Waals surface area contributed by atoms with Crippen LogP contribution in [0.25, 0.3) is 16.7 Å². The molecule has 4 rings (SSSR count). The van der Waals surface area contributed by atoms with Crippen molar-refractivity contribution < 1.29 is 4.79 Å². The molecule has 2 N–H and O–H groups in total. The lowest BCUT2D eigenvalue weighted by molar-refractivity contribution is 0.0953. The molecule has 26 heavy (non-hydrogen) atoms. The number of nitrogens with one attached hydrogen (secondary N) is 2. The number of aryl methyl sites for hydroxylation is 1. The number of carbonyl (C=O) groups excluding carboxylic acids is 1. The standard InChI is InChI=1S/C20H19N5O/c26-20(15-7-9-16(10-8-15)25-13-12-21-14-25)22-11-3-6-19-23-17-4-1-2-5-18(17)24-19/h1-2,4-5,7-10,12-14H,3,6,11H2,(H,22,26)(H,23,24). The van der Waals surface area contributed by atoms with Crippen molar-refractivity contribution in [3.8, 4) is 5.69 Å². The first-order valence-electron chi connectivity index (χ1n) is 8.60. The first kappa shape index (κ1) is 16.1. The van der Waals surface area contributed by atoms with E-state index in [1.165, 1.54) is 0 Å². The summed E-state index contributed by atoms with van der Waals surface area (Å²) in [6.45, 7) is 0.610. The molecule has 2 heterocycles. The third-order valence-electron chi connectivity index (χ3n) is 4.25. The molecule has 0 saturated heterocycles. The van der Waals surface area contributed by atoms with E-state index in [-0.39, 0.29) is 5.91 Å². The van der Waals surface area contributed by atoms with Crippen LogP contribution in [0.2, 0.25) is 0 Å². The molecule has 2 aromatic carbocycles. The molecule has 0 saturated carbocycles. The van der Waals surface area contributed by atoms with Crippen molar-refractivity contribution >= 4 is 16.9 Å². The fourth-order valence-corrected chi connectivity index (χ4v) is 2.88. The summed E-state index contributed by atoms with van der Waals surface area (Å²) in [5.41, 5.74) is 3.65. The lowest BCUT2D eigenvalue weighted by Gasteiger charge is -2.06. The van der Waals surface area contributed by atoms with Gasteiger partial charge in [0.15, 0.2) is 0 Å². The Morgan fingerprint density at radius 3 is 2.73 bits per heavy atom. The Balaban J connectivity index is 1.28. The van der Waals surface area contributed by atoms with Crippen molar-refractivity contribution in [1.29, 1.82) is 0 Å². The number of rotatable bonds is 6. The number of amides is 1. The van der Waals surface area contributed by atoms with Gasteiger partial charge < -0.3 is 14.9 Å². The summed E-state index contributed by atoms with van der Waals surface area (Å²) in [5.74, 6) is 0.886. The zero-order valence-electron chi connectivity index (χ0n) is 14.2. The number of benzene rings is 2. The number of hydrogen-bond donors (Lipinski definition) is 2. The quantitative estimate of drug-likeness (QED) is 0.527. The highest BCUT2D eigenvalue weighted by atomic mass is 16.1. The molecular weight excluding hydrogens is 326 g/mol. The Kier molecular flexibility index (Phi) is 4.47. The van der Waals surface area contributed by atoms with E-state index < -0.39 is 0 Å². The molecule has 6 nitrogen and oxygen atoms in total. The molecule has 0 radical (unpaired) electrons. The van der Waals surface area contributed by atoms with Crippen LogP contribution in [-0.2, 0) is 6.42 Å². The number of carbonyl (C=O) groups is 1. The van der Waals surface area contributed by atoms with Gasteiger partial charge in [0.2, 0.25) is 0 Å². The van der Waals surface area contributed by atoms with Crippen molar-refractivity contribution in [2.24, 2.45) is 0 Å². The number of nitrogens with zero attached hydrogens (tertiary/aromatic N) is 3. The SMILES string of the molecule is O=C(NCCCc1nc2ccccc2[nH]1)c1ccc(-n2ccnc2)cc1. The van der Waals surface area contributed by atoms with Crippen molar-refractivity contribution in [2.45, 2.75) is 12.8 Å². The minimum Gasteiger partial charge on any atom is -0.352 e. The number of aromatic nitrogens is 4. The number of imidazole rings is 2. The van der Waals surface area contributed by atoms with Gasteiger partial charge in [0.25, 0.3) is 5.91 Å². The number of para-hydroxylation sites is 2. The second kappa shape index (κ2) is 7.23. The highest BCUT2D eigenvalue weighted by molar-refractivity contribution is 5.94. The molecule has 2 aromatic heterocycles. The van der Waals surface area contributed by atoms with Gasteiger partial charge in [-0.15, -0.1) is 0 Å². The van der Waals surface area contributed by atoms with Crippen molar-refractivity contribution in [3.63, 3.8) is 0 Å². The molecule has 6 heteroatoms. The van der Waals surface area contributed by atoms with Crippen LogP contribution in [0, 0.1) is 0 Å². The van der Waals surface area contributed by atoms with E-state index in [9.17, 15) is 4.79 Å². The highest BCUT2D eigenvalue weighted by Crippen LogP contribution is 2.11. The zero-order chi connectivity index (χ0) is 17.8. The summed E-state index contributed by atoms with van der Waals surface area (Å²) in [4.78, 5) is 24.1. The van der Waals surface area contributed by atoms with Crippen molar-refractivity contribution in [2.75, 3.05) is 6.54 Å². The van der Waals surface area contributed by atoms with Gasteiger partial charge in [-0.25, -0.2) is 9.97 Å². The fourth-order valence-electron chi connectivity index (χ4n) is 2.88. The Labute approximate surface area is 150 Å². The van der Waals surface area contributed by atoms with Gasteiger partial charge in [0.1, 0.15) is 5.82 Å². The van der Waals surface area contributed by atoms with Crippen LogP contribution in [0.3, 0.4) is 0 Å². The molecule has 0 fully saturated rings. The second-order valence-electron chi connectivity index (χ2n) is 6.08. The number of H-pyrrole nitrogens is 1. The van der Waals surface area contributed by atoms with Crippen LogP contribution in [0.5, 0.6) is 0 Å². The third kappa shape index (κ3) is 3.49. The van der Waals surface area contributed by atoms with E-state index >= 15 is 0 Å². The van der Waals surface area contributed by atoms with Crippen LogP contribution < -0.4 is 5.32 Å². The molecule has 130 valence electrons. The molecule has 0 bridgehead atoms. The van der Waals surface area contributed by atoms with E-state index in [0.29, 0.717) is 12.1 Å². The average molecular weight is 345 g/mol. The maximum atomic E-state index is 12.2. The van der Waals surface area contributed by atoms with Gasteiger partial charge in [-0.05, 0) is 42.8 Å². The largest absolute Gasteiger partial charge is 0.352 e. The zero-order valence-corrected chi connectivity index (χ0v) is 14.2. The summed E-state index contributed by atoms with van der Waals surface area (Å²) in [7, 11) is 0. The maximum Gasteiger partial charge on any atom is 0.251 e. The number of aromatic amines is 1. The first-order chi connectivity index (χ1) is 12.8. The van der Waals surface area contributed by atoms with E-state index in [1.54, 1.807) is 12.5 Å². The van der Waals surface area contributed by atoms with Gasteiger partial charge in [-0.3, -0.25) is 4.79 Å². The van der Waals surface area contributed by atoms with Crippen molar-refractivity contribution in [1.82, 2.24) is 24.8 Å². The summed E-state index contributed by atoms with van der Waals surface area (Å²) >= 11 is 0. The van der Waals surface area contributed by atoms with E-state index in [1.807, 2.05) is 59.3 Å². The number of hydrogen-bond acceptors (Lipinski definition) is 3. The highest BCUT2D eigenvalue weighted by Gasteiger charge is 2.06. The van der Waals surface area contributed by atoms with Gasteiger partial charge in [0, 0.05) is 36.6 Å². The van der Waals surface area contributed by atoms with Crippen LogP contribution in [0.4, 0.5) is 0 Å². The van der Waals surface area contributed by atoms with Gasteiger partial charge >= 0.3 is 0 Å². The summed E-state index contributed by atoms with van der Waals surface area (Å²) in [6, 6.07) is 15.4. The molecule has 4 aromatic rings. The van der Waals surface area contributed by atoms with Crippen LogP contribution in [-0.4, -0.2) is 32.0 Å². The smallest absolute Gasteiger partial charge is 0.251 e. The third-order valence-corrected chi connectivity index (χ3v) is 4.25. The first-order valence-corrected chi connectivity index (χ1v) is 8.60. The molecule has 0 aliphatic carbocycles. The minimum atomic E-state index is -0.0632. The predicted octanol–water partition coefficient (Wildman–Crippen LogP) is 3.11. The molecule has 0 aliphatic heterocycles. The Bertz CT molecular complexity index is 969. The van der Waals surface area contributed by atoms with Crippen molar-refractivity contribution in [3.05, 3.63) is 78.6 Å². The van der Waals surface area contributed by atoms with Gasteiger partial charge in [-0.2, -0.15) is 0 Å². The predicted molar refractivity (Wildman–Crippen MR) is 100 cm³/mol. The average Bonchev–Trinajstić information content (AvgIpc) is 3.34. The summed E-state index contributed by atoms with van der Waals surface area (Å²) in [5, 5.41) is 2.96. The summed E-state index contributed by atoms with van der Waals surface area (Å²) in [6.07, 6.45) is 6.95. The lowest BCUT2D eigenvalue weighted by atomic mass is 10.2. The van der Waals surface area contributed by atoms with Crippen LogP contribution >= 0.6 is 0 Å². The summed E-state index contributed by atoms with van der Waals surface area (Å²) < 4.78 is 1.90. The van der Waals surface area contributed by atoms with Crippen LogP contribution in [0.1, 0.15) is 22.6 Å². The molecule has 0 aliphatic rings. The number of fused-ring (bicyclic) bond motifs is 1.